The monoisotopic (exact) mass is 418 g/mol. The Hall–Kier alpha value is -0.930. The van der Waals surface area contributed by atoms with Gasteiger partial charge in [-0.05, 0) is 73.2 Å². The summed E-state index contributed by atoms with van der Waals surface area (Å²) in [6.07, 6.45) is 14.1. The Morgan fingerprint density at radius 3 is 2.60 bits per heavy atom. The standard InChI is InChI=1S/C27H43FO2/c1-18(2)7-5-8-19(3)24-12-13-25-20(9-6-14-27(24,25)4)10-11-21-15-22(29)16-26(30)23(21)17-28/h10-11,17-19,22,24-26,29-30H,5-9,12-16H2,1-4H3/b20-10?,21-11-,23-17?/t19-,22-,24-,25?,26-,27-/m1/s1. The van der Waals surface area contributed by atoms with Crippen LogP contribution >= 0.6 is 0 Å². The summed E-state index contributed by atoms with van der Waals surface area (Å²) in [7, 11) is 0. The fourth-order valence-corrected chi connectivity index (χ4v) is 6.83. The lowest BCUT2D eigenvalue weighted by molar-refractivity contribution is 0.0850. The third-order valence-electron chi connectivity index (χ3n) is 8.46. The molecule has 3 aliphatic carbocycles. The van der Waals surface area contributed by atoms with E-state index in [0.29, 0.717) is 29.7 Å². The first-order chi connectivity index (χ1) is 14.3. The molecule has 2 nitrogen and oxygen atoms in total. The van der Waals surface area contributed by atoms with Crippen LogP contribution in [0.2, 0.25) is 0 Å². The molecule has 3 fully saturated rings. The van der Waals surface area contributed by atoms with Gasteiger partial charge in [0.25, 0.3) is 0 Å². The van der Waals surface area contributed by atoms with Gasteiger partial charge in [-0.1, -0.05) is 64.7 Å². The molecule has 3 aliphatic rings. The maximum Gasteiger partial charge on any atom is 0.0927 e. The van der Waals surface area contributed by atoms with Gasteiger partial charge in [0, 0.05) is 12.0 Å². The van der Waals surface area contributed by atoms with Crippen molar-refractivity contribution in [3.8, 4) is 0 Å². The second kappa shape index (κ2) is 10.1. The van der Waals surface area contributed by atoms with Crippen molar-refractivity contribution in [2.45, 2.75) is 104 Å². The summed E-state index contributed by atoms with van der Waals surface area (Å²) in [6, 6.07) is 0. The van der Waals surface area contributed by atoms with Crippen LogP contribution in [-0.4, -0.2) is 22.4 Å². The molecule has 0 bridgehead atoms. The van der Waals surface area contributed by atoms with Crippen molar-refractivity contribution in [2.24, 2.45) is 29.1 Å². The van der Waals surface area contributed by atoms with Crippen LogP contribution in [0.3, 0.4) is 0 Å². The Morgan fingerprint density at radius 2 is 1.90 bits per heavy atom. The molecule has 0 radical (unpaired) electrons. The molecule has 0 aliphatic heterocycles. The average molecular weight is 419 g/mol. The van der Waals surface area contributed by atoms with E-state index < -0.39 is 12.2 Å². The van der Waals surface area contributed by atoms with Gasteiger partial charge in [-0.2, -0.15) is 0 Å². The highest BCUT2D eigenvalue weighted by Gasteiger charge is 2.50. The summed E-state index contributed by atoms with van der Waals surface area (Å²) in [5, 5.41) is 20.1. The fraction of sp³-hybridized carbons (Fsp3) is 0.778. The molecule has 0 saturated heterocycles. The summed E-state index contributed by atoms with van der Waals surface area (Å²) in [5.74, 6) is 2.99. The zero-order valence-electron chi connectivity index (χ0n) is 19.5. The SMILES string of the molecule is CC(C)CCC[C@@H](C)[C@H]1CCC2C(=C/C=C3/C[C@@H](O)C[C@@H](O)C3=CF)CCC[C@@]21C. The van der Waals surface area contributed by atoms with Crippen molar-refractivity contribution in [3.05, 3.63) is 35.2 Å². The van der Waals surface area contributed by atoms with E-state index in [0.717, 1.165) is 29.7 Å². The molecule has 3 rings (SSSR count). The van der Waals surface area contributed by atoms with E-state index in [1.807, 2.05) is 6.08 Å². The Bertz CT molecular complexity index is 676. The van der Waals surface area contributed by atoms with Crippen LogP contribution in [0.4, 0.5) is 4.39 Å². The van der Waals surface area contributed by atoms with Crippen molar-refractivity contribution in [1.82, 2.24) is 0 Å². The maximum atomic E-state index is 13.4. The summed E-state index contributed by atoms with van der Waals surface area (Å²) in [4.78, 5) is 0. The molecule has 170 valence electrons. The first-order valence-corrected chi connectivity index (χ1v) is 12.3. The molecular formula is C27H43FO2. The molecule has 1 unspecified atom stereocenters. The predicted octanol–water partition coefficient (Wildman–Crippen LogP) is 6.89. The fourth-order valence-electron chi connectivity index (χ4n) is 6.83. The van der Waals surface area contributed by atoms with Crippen LogP contribution in [0.15, 0.2) is 35.2 Å². The van der Waals surface area contributed by atoms with Crippen LogP contribution in [0, 0.1) is 29.1 Å². The van der Waals surface area contributed by atoms with Gasteiger partial charge in [0.1, 0.15) is 0 Å². The van der Waals surface area contributed by atoms with Gasteiger partial charge in [-0.15, -0.1) is 0 Å². The largest absolute Gasteiger partial charge is 0.393 e. The van der Waals surface area contributed by atoms with Crippen LogP contribution in [0.5, 0.6) is 0 Å². The summed E-state index contributed by atoms with van der Waals surface area (Å²) < 4.78 is 13.4. The van der Waals surface area contributed by atoms with E-state index in [2.05, 4.69) is 33.8 Å². The highest BCUT2D eigenvalue weighted by molar-refractivity contribution is 5.39. The van der Waals surface area contributed by atoms with Crippen molar-refractivity contribution in [2.75, 3.05) is 0 Å². The smallest absolute Gasteiger partial charge is 0.0927 e. The van der Waals surface area contributed by atoms with Gasteiger partial charge in [-0.3, -0.25) is 0 Å². The number of rotatable bonds is 6. The summed E-state index contributed by atoms with van der Waals surface area (Å²) >= 11 is 0. The molecule has 6 atom stereocenters. The minimum absolute atomic E-state index is 0.223. The Balaban J connectivity index is 1.74. The molecule has 30 heavy (non-hydrogen) atoms. The average Bonchev–Trinajstić information content (AvgIpc) is 3.03. The van der Waals surface area contributed by atoms with E-state index in [-0.39, 0.29) is 6.42 Å². The first kappa shape index (κ1) is 23.7. The van der Waals surface area contributed by atoms with Crippen molar-refractivity contribution in [1.29, 1.82) is 0 Å². The maximum absolute atomic E-state index is 13.4. The van der Waals surface area contributed by atoms with Crippen LogP contribution < -0.4 is 0 Å². The quantitative estimate of drug-likeness (QED) is 0.493. The Morgan fingerprint density at radius 1 is 1.13 bits per heavy atom. The number of aliphatic hydroxyl groups excluding tert-OH is 2. The minimum atomic E-state index is -0.900. The van der Waals surface area contributed by atoms with Crippen LogP contribution in [0.1, 0.15) is 91.9 Å². The molecule has 2 N–H and O–H groups in total. The molecule has 3 heteroatoms. The summed E-state index contributed by atoms with van der Waals surface area (Å²) in [5.41, 5.74) is 2.98. The van der Waals surface area contributed by atoms with E-state index >= 15 is 0 Å². The highest BCUT2D eigenvalue weighted by atomic mass is 19.1. The van der Waals surface area contributed by atoms with Crippen LogP contribution in [-0.2, 0) is 0 Å². The van der Waals surface area contributed by atoms with Gasteiger partial charge in [0.15, 0.2) is 0 Å². The zero-order chi connectivity index (χ0) is 21.9. The topological polar surface area (TPSA) is 40.5 Å². The Kier molecular flexibility index (Phi) is 8.01. The number of allylic oxidation sites excluding steroid dienone is 3. The van der Waals surface area contributed by atoms with Gasteiger partial charge >= 0.3 is 0 Å². The molecule has 0 aromatic carbocycles. The van der Waals surface area contributed by atoms with Crippen molar-refractivity contribution in [3.63, 3.8) is 0 Å². The molecule has 0 amide bonds. The van der Waals surface area contributed by atoms with Gasteiger partial charge in [0.05, 0.1) is 18.5 Å². The van der Waals surface area contributed by atoms with Crippen molar-refractivity contribution < 1.29 is 14.6 Å². The zero-order valence-corrected chi connectivity index (χ0v) is 19.5. The lowest BCUT2D eigenvalue weighted by Gasteiger charge is -2.44. The second-order valence-electron chi connectivity index (χ2n) is 11.0. The van der Waals surface area contributed by atoms with Gasteiger partial charge < -0.3 is 10.2 Å². The highest BCUT2D eigenvalue weighted by Crippen LogP contribution is 2.60. The lowest BCUT2D eigenvalue weighted by atomic mass is 9.60. The van der Waals surface area contributed by atoms with Crippen LogP contribution in [0.25, 0.3) is 0 Å². The Labute approximate surface area is 183 Å². The number of hydrogen-bond donors (Lipinski definition) is 2. The third-order valence-corrected chi connectivity index (χ3v) is 8.46. The molecule has 0 heterocycles. The predicted molar refractivity (Wildman–Crippen MR) is 123 cm³/mol. The normalized spacial score (nSPS) is 39.8. The molecule has 3 saturated carbocycles. The minimum Gasteiger partial charge on any atom is -0.393 e. The van der Waals surface area contributed by atoms with Gasteiger partial charge in [-0.25, -0.2) is 4.39 Å². The molecule has 0 aromatic heterocycles. The van der Waals surface area contributed by atoms with E-state index in [9.17, 15) is 14.6 Å². The number of aliphatic hydroxyl groups is 2. The number of fused-ring (bicyclic) bond motifs is 1. The lowest BCUT2D eigenvalue weighted by Crippen LogP contribution is -2.36. The van der Waals surface area contributed by atoms with Crippen molar-refractivity contribution >= 4 is 0 Å². The first-order valence-electron chi connectivity index (χ1n) is 12.3. The third kappa shape index (κ3) is 5.10. The summed E-state index contributed by atoms with van der Waals surface area (Å²) in [6.45, 7) is 9.63. The van der Waals surface area contributed by atoms with E-state index in [4.69, 9.17) is 0 Å². The number of halogens is 1. The van der Waals surface area contributed by atoms with Gasteiger partial charge in [0.2, 0.25) is 0 Å². The molecule has 0 spiro atoms. The van der Waals surface area contributed by atoms with E-state index in [1.165, 1.54) is 50.5 Å². The molecule has 0 aromatic rings. The molecular weight excluding hydrogens is 375 g/mol. The second-order valence-corrected chi connectivity index (χ2v) is 11.0. The van der Waals surface area contributed by atoms with E-state index in [1.54, 1.807) is 0 Å². The number of hydrogen-bond acceptors (Lipinski definition) is 2.